The molecular formula is C20H30ClN3O2S. The predicted octanol–water partition coefficient (Wildman–Crippen LogP) is 2.94. The maximum atomic E-state index is 12.7. The van der Waals surface area contributed by atoms with Gasteiger partial charge in [-0.05, 0) is 56.3 Å². The van der Waals surface area contributed by atoms with E-state index in [-0.39, 0.29) is 29.6 Å². The van der Waals surface area contributed by atoms with Crippen molar-refractivity contribution in [3.63, 3.8) is 0 Å². The fourth-order valence-electron chi connectivity index (χ4n) is 3.57. The zero-order chi connectivity index (χ0) is 18.4. The lowest BCUT2D eigenvalue weighted by Gasteiger charge is -2.34. The van der Waals surface area contributed by atoms with Crippen LogP contribution in [0.2, 0.25) is 0 Å². The molecular weight excluding hydrogens is 382 g/mol. The molecule has 3 rings (SSSR count). The monoisotopic (exact) mass is 411 g/mol. The standard InChI is InChI=1S/C20H29N3O2S.ClH/c1-20(8-10-21-11-9-20)15-22-19(25)16-6-2-3-7-17(16)26-14-18(24)23-12-4-5-13-23;/h2-3,6-7,21H,4-5,8-15H2,1H3,(H,22,25);1H. The van der Waals surface area contributed by atoms with Gasteiger partial charge >= 0.3 is 0 Å². The molecule has 2 amide bonds. The van der Waals surface area contributed by atoms with Crippen molar-refractivity contribution in [2.45, 2.75) is 37.5 Å². The number of amides is 2. The molecule has 2 aliphatic heterocycles. The molecule has 2 aliphatic rings. The summed E-state index contributed by atoms with van der Waals surface area (Å²) in [4.78, 5) is 27.8. The minimum Gasteiger partial charge on any atom is -0.351 e. The second kappa shape index (κ2) is 10.3. The van der Waals surface area contributed by atoms with Gasteiger partial charge in [0.05, 0.1) is 11.3 Å². The topological polar surface area (TPSA) is 61.4 Å². The lowest BCUT2D eigenvalue weighted by atomic mass is 9.81. The quantitative estimate of drug-likeness (QED) is 0.706. The summed E-state index contributed by atoms with van der Waals surface area (Å²) >= 11 is 1.47. The van der Waals surface area contributed by atoms with Crippen molar-refractivity contribution in [2.24, 2.45) is 5.41 Å². The summed E-state index contributed by atoms with van der Waals surface area (Å²) in [5.74, 6) is 0.527. The number of carbonyl (C=O) groups excluding carboxylic acids is 2. The Balaban J connectivity index is 0.00000261. The van der Waals surface area contributed by atoms with Crippen molar-refractivity contribution < 1.29 is 9.59 Å². The Kier molecular flexibility index (Phi) is 8.45. The number of hydrogen-bond donors (Lipinski definition) is 2. The largest absolute Gasteiger partial charge is 0.351 e. The third-order valence-electron chi connectivity index (χ3n) is 5.43. The van der Waals surface area contributed by atoms with Gasteiger partial charge < -0.3 is 15.5 Å². The Labute approximate surface area is 172 Å². The Morgan fingerprint density at radius 3 is 2.56 bits per heavy atom. The molecule has 0 unspecified atom stereocenters. The maximum absolute atomic E-state index is 12.7. The second-order valence-electron chi connectivity index (χ2n) is 7.62. The summed E-state index contributed by atoms with van der Waals surface area (Å²) in [6.45, 7) is 6.70. The fraction of sp³-hybridized carbons (Fsp3) is 0.600. The highest BCUT2D eigenvalue weighted by Gasteiger charge is 2.27. The third kappa shape index (κ3) is 6.13. The SMILES string of the molecule is CC1(CNC(=O)c2ccccc2SCC(=O)N2CCCC2)CCNCC1.Cl. The van der Waals surface area contributed by atoms with E-state index < -0.39 is 0 Å². The molecule has 0 saturated carbocycles. The highest BCUT2D eigenvalue weighted by atomic mass is 35.5. The van der Waals surface area contributed by atoms with Gasteiger partial charge in [-0.1, -0.05) is 19.1 Å². The molecule has 2 heterocycles. The van der Waals surface area contributed by atoms with E-state index in [0.29, 0.717) is 17.9 Å². The third-order valence-corrected chi connectivity index (χ3v) is 6.49. The summed E-state index contributed by atoms with van der Waals surface area (Å²) in [6.07, 6.45) is 4.36. The number of likely N-dealkylation sites (tertiary alicyclic amines) is 1. The molecule has 0 atom stereocenters. The van der Waals surface area contributed by atoms with E-state index in [4.69, 9.17) is 0 Å². The van der Waals surface area contributed by atoms with Gasteiger partial charge in [0.1, 0.15) is 0 Å². The molecule has 0 radical (unpaired) electrons. The van der Waals surface area contributed by atoms with Crippen LogP contribution in [0.15, 0.2) is 29.2 Å². The van der Waals surface area contributed by atoms with Crippen molar-refractivity contribution in [3.05, 3.63) is 29.8 Å². The van der Waals surface area contributed by atoms with Crippen LogP contribution < -0.4 is 10.6 Å². The molecule has 150 valence electrons. The molecule has 0 bridgehead atoms. The Hall–Kier alpha value is -1.24. The number of nitrogens with zero attached hydrogens (tertiary/aromatic N) is 1. The zero-order valence-electron chi connectivity index (χ0n) is 16.0. The van der Waals surface area contributed by atoms with Crippen LogP contribution in [0.3, 0.4) is 0 Å². The first-order valence-electron chi connectivity index (χ1n) is 9.56. The minimum absolute atomic E-state index is 0. The van der Waals surface area contributed by atoms with Crippen molar-refractivity contribution in [1.82, 2.24) is 15.5 Å². The van der Waals surface area contributed by atoms with Crippen molar-refractivity contribution >= 4 is 36.0 Å². The molecule has 1 aromatic carbocycles. The van der Waals surface area contributed by atoms with Gasteiger partial charge in [0.25, 0.3) is 5.91 Å². The zero-order valence-corrected chi connectivity index (χ0v) is 17.6. The molecule has 27 heavy (non-hydrogen) atoms. The predicted molar refractivity (Wildman–Crippen MR) is 113 cm³/mol. The van der Waals surface area contributed by atoms with Gasteiger partial charge in [0, 0.05) is 24.5 Å². The first kappa shape index (κ1) is 22.1. The highest BCUT2D eigenvalue weighted by Crippen LogP contribution is 2.28. The van der Waals surface area contributed by atoms with Crippen LogP contribution in [0.5, 0.6) is 0 Å². The van der Waals surface area contributed by atoms with E-state index in [1.165, 1.54) is 11.8 Å². The number of thioether (sulfide) groups is 1. The van der Waals surface area contributed by atoms with Crippen LogP contribution in [0.25, 0.3) is 0 Å². The number of nitrogens with one attached hydrogen (secondary N) is 2. The van der Waals surface area contributed by atoms with Gasteiger partial charge in [-0.3, -0.25) is 9.59 Å². The van der Waals surface area contributed by atoms with E-state index >= 15 is 0 Å². The van der Waals surface area contributed by atoms with Gasteiger partial charge in [-0.25, -0.2) is 0 Å². The van der Waals surface area contributed by atoms with E-state index in [1.54, 1.807) is 0 Å². The smallest absolute Gasteiger partial charge is 0.252 e. The van der Waals surface area contributed by atoms with Gasteiger partial charge in [0.2, 0.25) is 5.91 Å². The molecule has 0 aliphatic carbocycles. The van der Waals surface area contributed by atoms with E-state index in [2.05, 4.69) is 17.6 Å². The normalized spacial score (nSPS) is 18.6. The van der Waals surface area contributed by atoms with Crippen molar-refractivity contribution in [2.75, 3.05) is 38.5 Å². The van der Waals surface area contributed by atoms with Crippen LogP contribution in [-0.2, 0) is 4.79 Å². The maximum Gasteiger partial charge on any atom is 0.252 e. The molecule has 5 nitrogen and oxygen atoms in total. The van der Waals surface area contributed by atoms with Gasteiger partial charge in [-0.2, -0.15) is 0 Å². The van der Waals surface area contributed by atoms with Crippen molar-refractivity contribution in [1.29, 1.82) is 0 Å². The lowest BCUT2D eigenvalue weighted by molar-refractivity contribution is -0.127. The first-order chi connectivity index (χ1) is 12.6. The Bertz CT molecular complexity index is 644. The number of hydrogen-bond acceptors (Lipinski definition) is 4. The molecule has 2 fully saturated rings. The number of halogens is 1. The second-order valence-corrected chi connectivity index (χ2v) is 8.63. The van der Waals surface area contributed by atoms with Gasteiger partial charge in [0.15, 0.2) is 0 Å². The number of piperidine rings is 1. The Morgan fingerprint density at radius 1 is 1.19 bits per heavy atom. The van der Waals surface area contributed by atoms with Crippen LogP contribution in [0.4, 0.5) is 0 Å². The first-order valence-corrected chi connectivity index (χ1v) is 10.5. The summed E-state index contributed by atoms with van der Waals surface area (Å²) in [6, 6.07) is 7.59. The van der Waals surface area contributed by atoms with Crippen molar-refractivity contribution in [3.8, 4) is 0 Å². The minimum atomic E-state index is -0.0403. The average Bonchev–Trinajstić information content (AvgIpc) is 3.20. The van der Waals surface area contributed by atoms with Crippen LogP contribution in [0, 0.1) is 5.41 Å². The molecule has 0 aromatic heterocycles. The average molecular weight is 412 g/mol. The molecule has 7 heteroatoms. The fourth-order valence-corrected chi connectivity index (χ4v) is 4.53. The summed E-state index contributed by atoms with van der Waals surface area (Å²) in [5.41, 5.74) is 0.832. The van der Waals surface area contributed by atoms with E-state index in [9.17, 15) is 9.59 Å². The van der Waals surface area contributed by atoms with Crippen LogP contribution in [-0.4, -0.2) is 55.2 Å². The van der Waals surface area contributed by atoms with E-state index in [1.807, 2.05) is 29.2 Å². The summed E-state index contributed by atoms with van der Waals surface area (Å²) in [7, 11) is 0. The highest BCUT2D eigenvalue weighted by molar-refractivity contribution is 8.00. The summed E-state index contributed by atoms with van der Waals surface area (Å²) in [5, 5.41) is 6.48. The number of carbonyl (C=O) groups is 2. The molecule has 1 aromatic rings. The molecule has 2 N–H and O–H groups in total. The lowest BCUT2D eigenvalue weighted by Crippen LogP contribution is -2.43. The summed E-state index contributed by atoms with van der Waals surface area (Å²) < 4.78 is 0. The van der Waals surface area contributed by atoms with E-state index in [0.717, 1.165) is 56.8 Å². The van der Waals surface area contributed by atoms with Crippen LogP contribution >= 0.6 is 24.2 Å². The molecule has 0 spiro atoms. The number of rotatable bonds is 6. The van der Waals surface area contributed by atoms with Gasteiger partial charge in [-0.15, -0.1) is 24.2 Å². The molecule has 2 saturated heterocycles. The Morgan fingerprint density at radius 2 is 1.85 bits per heavy atom. The number of benzene rings is 1. The van der Waals surface area contributed by atoms with Crippen LogP contribution in [0.1, 0.15) is 43.0 Å².